The number of carbonyl (C=O) groups excluding carboxylic acids is 2. The van der Waals surface area contributed by atoms with Crippen molar-refractivity contribution in [3.05, 3.63) is 95.1 Å². The summed E-state index contributed by atoms with van der Waals surface area (Å²) in [6.45, 7) is 5.82. The van der Waals surface area contributed by atoms with Gasteiger partial charge in [0.25, 0.3) is 11.7 Å². The second kappa shape index (κ2) is 10.1. The van der Waals surface area contributed by atoms with Crippen LogP contribution >= 0.6 is 0 Å². The van der Waals surface area contributed by atoms with Crippen molar-refractivity contribution in [2.45, 2.75) is 13.0 Å². The maximum Gasteiger partial charge on any atom is 0.300 e. The number of rotatable bonds is 5. The third-order valence-corrected chi connectivity index (χ3v) is 7.16. The van der Waals surface area contributed by atoms with Crippen LogP contribution in [0, 0.1) is 6.92 Å². The molecule has 190 valence electrons. The highest BCUT2D eigenvalue weighted by Gasteiger charge is 2.47. The van der Waals surface area contributed by atoms with Crippen molar-refractivity contribution in [1.29, 1.82) is 0 Å². The predicted molar refractivity (Wildman–Crippen MR) is 145 cm³/mol. The molecule has 2 aliphatic heterocycles. The molecule has 2 heterocycles. The summed E-state index contributed by atoms with van der Waals surface area (Å²) in [6, 6.07) is 21.5. The number of ketones is 1. The van der Waals surface area contributed by atoms with Gasteiger partial charge in [0.2, 0.25) is 0 Å². The minimum absolute atomic E-state index is 0.0731. The third kappa shape index (κ3) is 4.70. The van der Waals surface area contributed by atoms with Crippen molar-refractivity contribution < 1.29 is 19.4 Å². The van der Waals surface area contributed by atoms with E-state index in [1.807, 2.05) is 55.5 Å². The first kappa shape index (κ1) is 24.6. The molecule has 0 spiro atoms. The molecule has 7 heteroatoms. The lowest BCUT2D eigenvalue weighted by molar-refractivity contribution is -0.132. The zero-order valence-corrected chi connectivity index (χ0v) is 21.3. The van der Waals surface area contributed by atoms with Crippen LogP contribution in [0.15, 0.2) is 78.4 Å². The zero-order chi connectivity index (χ0) is 26.1. The van der Waals surface area contributed by atoms with Gasteiger partial charge >= 0.3 is 0 Å². The Bertz CT molecular complexity index is 1340. The van der Waals surface area contributed by atoms with Crippen molar-refractivity contribution in [3.63, 3.8) is 0 Å². The molecule has 1 atom stereocenters. The Labute approximate surface area is 217 Å². The lowest BCUT2D eigenvalue weighted by Gasteiger charge is -2.34. The molecule has 0 bridgehead atoms. The fraction of sp³-hybridized carbons (Fsp3) is 0.267. The Balaban J connectivity index is 1.57. The first-order valence-corrected chi connectivity index (χ1v) is 12.4. The number of hydrogen-bond donors (Lipinski definition) is 1. The largest absolute Gasteiger partial charge is 0.507 e. The Morgan fingerprint density at radius 3 is 2.16 bits per heavy atom. The van der Waals surface area contributed by atoms with Crippen LogP contribution in [0.4, 0.5) is 11.4 Å². The summed E-state index contributed by atoms with van der Waals surface area (Å²) in [5, 5.41) is 11.3. The van der Waals surface area contributed by atoms with Gasteiger partial charge < -0.3 is 19.6 Å². The van der Waals surface area contributed by atoms with Crippen LogP contribution in [0.1, 0.15) is 22.7 Å². The topological polar surface area (TPSA) is 73.3 Å². The van der Waals surface area contributed by atoms with Crippen molar-refractivity contribution in [1.82, 2.24) is 4.90 Å². The number of benzene rings is 3. The van der Waals surface area contributed by atoms with Gasteiger partial charge in [-0.2, -0.15) is 0 Å². The molecular formula is C30H31N3O4. The average molecular weight is 498 g/mol. The molecule has 2 saturated heterocycles. The van der Waals surface area contributed by atoms with E-state index >= 15 is 0 Å². The van der Waals surface area contributed by atoms with Crippen LogP contribution in [0.2, 0.25) is 0 Å². The number of ether oxygens (including phenoxy) is 1. The highest BCUT2D eigenvalue weighted by molar-refractivity contribution is 6.51. The summed E-state index contributed by atoms with van der Waals surface area (Å²) in [4.78, 5) is 33.0. The number of piperazine rings is 1. The molecule has 5 rings (SSSR count). The van der Waals surface area contributed by atoms with Crippen LogP contribution in [0.3, 0.4) is 0 Å². The minimum atomic E-state index is -0.753. The van der Waals surface area contributed by atoms with E-state index < -0.39 is 17.7 Å². The third-order valence-electron chi connectivity index (χ3n) is 7.16. The molecule has 7 nitrogen and oxygen atoms in total. The smallest absolute Gasteiger partial charge is 0.300 e. The molecule has 3 aromatic rings. The van der Waals surface area contributed by atoms with Crippen molar-refractivity contribution in [2.75, 3.05) is 50.1 Å². The molecule has 0 radical (unpaired) electrons. The maximum atomic E-state index is 13.4. The molecule has 2 fully saturated rings. The normalized spacial score (nSPS) is 19.9. The summed E-state index contributed by atoms with van der Waals surface area (Å²) in [7, 11) is 3.68. The average Bonchev–Trinajstić information content (AvgIpc) is 3.19. The lowest BCUT2D eigenvalue weighted by Crippen LogP contribution is -2.44. The molecule has 3 aromatic carbocycles. The van der Waals surface area contributed by atoms with Gasteiger partial charge in [-0.3, -0.25) is 14.5 Å². The summed E-state index contributed by atoms with van der Waals surface area (Å²) in [6.07, 6.45) is 0. The summed E-state index contributed by atoms with van der Waals surface area (Å²) in [5.41, 5.74) is 3.97. The quantitative estimate of drug-likeness (QED) is 0.320. The number of amides is 1. The Morgan fingerprint density at radius 1 is 0.892 bits per heavy atom. The Kier molecular flexibility index (Phi) is 6.72. The van der Waals surface area contributed by atoms with Gasteiger partial charge in [-0.1, -0.05) is 29.8 Å². The number of aryl methyl sites for hydroxylation is 1. The second-order valence-electron chi connectivity index (χ2n) is 9.62. The first-order chi connectivity index (χ1) is 17.9. The van der Waals surface area contributed by atoms with E-state index in [4.69, 9.17) is 4.74 Å². The van der Waals surface area contributed by atoms with E-state index in [-0.39, 0.29) is 11.3 Å². The lowest BCUT2D eigenvalue weighted by atomic mass is 9.94. The zero-order valence-electron chi connectivity index (χ0n) is 21.3. The van der Waals surface area contributed by atoms with Crippen LogP contribution in [0.5, 0.6) is 5.75 Å². The van der Waals surface area contributed by atoms with Gasteiger partial charge in [0.05, 0.1) is 18.7 Å². The summed E-state index contributed by atoms with van der Waals surface area (Å²) in [5.74, 6) is -0.936. The number of hydrogen-bond acceptors (Lipinski definition) is 6. The second-order valence-corrected chi connectivity index (χ2v) is 9.62. The number of likely N-dealkylation sites (N-methyl/N-ethyl adjacent to an activating group) is 1. The van der Waals surface area contributed by atoms with E-state index in [0.717, 1.165) is 43.0 Å². The van der Waals surface area contributed by atoms with Crippen molar-refractivity contribution >= 4 is 28.8 Å². The van der Waals surface area contributed by atoms with Gasteiger partial charge in [0.1, 0.15) is 11.5 Å². The summed E-state index contributed by atoms with van der Waals surface area (Å²) >= 11 is 0. The number of anilines is 2. The fourth-order valence-corrected chi connectivity index (χ4v) is 5.05. The van der Waals surface area contributed by atoms with Gasteiger partial charge in [0.15, 0.2) is 0 Å². The molecule has 1 unspecified atom stereocenters. The molecule has 1 amide bonds. The molecule has 2 aliphatic rings. The van der Waals surface area contributed by atoms with E-state index in [0.29, 0.717) is 17.0 Å². The molecule has 0 saturated carbocycles. The van der Waals surface area contributed by atoms with E-state index in [9.17, 15) is 14.7 Å². The minimum Gasteiger partial charge on any atom is -0.507 e. The Morgan fingerprint density at radius 2 is 1.54 bits per heavy atom. The first-order valence-electron chi connectivity index (χ1n) is 12.4. The molecule has 37 heavy (non-hydrogen) atoms. The highest BCUT2D eigenvalue weighted by atomic mass is 16.5. The predicted octanol–water partition coefficient (Wildman–Crippen LogP) is 4.38. The van der Waals surface area contributed by atoms with E-state index in [2.05, 4.69) is 16.8 Å². The molecule has 0 aromatic heterocycles. The number of aliphatic hydroxyl groups is 1. The van der Waals surface area contributed by atoms with Gasteiger partial charge in [0, 0.05) is 43.1 Å². The SMILES string of the molecule is COc1ccc(/C(O)=C2\C(=O)C(=O)N(c3ccc(N4CCN(C)CC4)cc3)C2c2cccc(C)c2)cc1. The van der Waals surface area contributed by atoms with Crippen LogP contribution < -0.4 is 14.5 Å². The highest BCUT2D eigenvalue weighted by Crippen LogP contribution is 2.42. The van der Waals surface area contributed by atoms with E-state index in [1.165, 1.54) is 4.90 Å². The van der Waals surface area contributed by atoms with Crippen molar-refractivity contribution in [2.24, 2.45) is 0 Å². The monoisotopic (exact) mass is 497 g/mol. The van der Waals surface area contributed by atoms with Gasteiger partial charge in [-0.05, 0) is 68.1 Å². The number of nitrogens with zero attached hydrogens (tertiary/aromatic N) is 3. The van der Waals surface area contributed by atoms with Crippen molar-refractivity contribution in [3.8, 4) is 5.75 Å². The fourth-order valence-electron chi connectivity index (χ4n) is 5.05. The molecule has 1 N–H and O–H groups in total. The molecular weight excluding hydrogens is 466 g/mol. The number of methoxy groups -OCH3 is 1. The van der Waals surface area contributed by atoms with Gasteiger partial charge in [-0.15, -0.1) is 0 Å². The molecule has 0 aliphatic carbocycles. The van der Waals surface area contributed by atoms with E-state index in [1.54, 1.807) is 31.4 Å². The number of Topliss-reactive ketones (excluding diaryl/α,β-unsaturated/α-hetero) is 1. The van der Waals surface area contributed by atoms with Gasteiger partial charge in [-0.25, -0.2) is 0 Å². The Hall–Kier alpha value is -4.10. The number of carbonyl (C=O) groups is 2. The summed E-state index contributed by atoms with van der Waals surface area (Å²) < 4.78 is 5.22. The number of aliphatic hydroxyl groups excluding tert-OH is 1. The standard InChI is InChI=1S/C30H31N3O4/c1-20-5-4-6-22(19-20)27-26(28(34)21-7-13-25(37-3)14-8-21)29(35)30(36)33(27)24-11-9-23(10-12-24)32-17-15-31(2)16-18-32/h4-14,19,27,34H,15-18H2,1-3H3/b28-26+. The van der Waals surface area contributed by atoms with Crippen LogP contribution in [-0.4, -0.2) is 62.0 Å². The van der Waals surface area contributed by atoms with Crippen LogP contribution in [-0.2, 0) is 9.59 Å². The van der Waals surface area contributed by atoms with Crippen LogP contribution in [0.25, 0.3) is 5.76 Å². The maximum absolute atomic E-state index is 13.4.